The van der Waals surface area contributed by atoms with Gasteiger partial charge in [0.25, 0.3) is 0 Å². The lowest BCUT2D eigenvalue weighted by Gasteiger charge is -2.10. The van der Waals surface area contributed by atoms with Gasteiger partial charge in [-0.1, -0.05) is 18.9 Å². The molecule has 0 fully saturated rings. The van der Waals surface area contributed by atoms with Crippen molar-refractivity contribution in [3.05, 3.63) is 12.7 Å². The molecule has 0 heterocycles. The number of hydrogen-bond donors (Lipinski definition) is 1. The van der Waals surface area contributed by atoms with E-state index in [1.54, 1.807) is 0 Å². The molecular formula is C12H25NO. The Hall–Kier alpha value is -0.340. The Labute approximate surface area is 88.5 Å². The quantitative estimate of drug-likeness (QED) is 0.434. The van der Waals surface area contributed by atoms with Gasteiger partial charge in [0, 0.05) is 19.3 Å². The highest BCUT2D eigenvalue weighted by Crippen LogP contribution is 2.06. The topological polar surface area (TPSA) is 35.2 Å². The SMILES string of the molecule is C=CCCCCCC(N)CCOCC. The summed E-state index contributed by atoms with van der Waals surface area (Å²) in [6, 6.07) is 0.324. The molecule has 84 valence electrons. The maximum atomic E-state index is 5.93. The van der Waals surface area contributed by atoms with Crippen molar-refractivity contribution in [2.24, 2.45) is 5.73 Å². The summed E-state index contributed by atoms with van der Waals surface area (Å²) < 4.78 is 5.26. The summed E-state index contributed by atoms with van der Waals surface area (Å²) in [7, 11) is 0. The van der Waals surface area contributed by atoms with Gasteiger partial charge in [-0.25, -0.2) is 0 Å². The molecule has 0 saturated heterocycles. The van der Waals surface area contributed by atoms with E-state index in [0.29, 0.717) is 6.04 Å². The van der Waals surface area contributed by atoms with Crippen molar-refractivity contribution in [3.63, 3.8) is 0 Å². The summed E-state index contributed by atoms with van der Waals surface area (Å²) in [6.45, 7) is 7.32. The third-order valence-electron chi connectivity index (χ3n) is 2.32. The van der Waals surface area contributed by atoms with Gasteiger partial charge in [-0.15, -0.1) is 6.58 Å². The van der Waals surface area contributed by atoms with Gasteiger partial charge in [0.1, 0.15) is 0 Å². The fourth-order valence-electron chi connectivity index (χ4n) is 1.40. The summed E-state index contributed by atoms with van der Waals surface area (Å²) >= 11 is 0. The van der Waals surface area contributed by atoms with Crippen LogP contribution in [0.2, 0.25) is 0 Å². The molecule has 1 atom stereocenters. The monoisotopic (exact) mass is 199 g/mol. The highest BCUT2D eigenvalue weighted by atomic mass is 16.5. The van der Waals surface area contributed by atoms with Crippen LogP contribution >= 0.6 is 0 Å². The van der Waals surface area contributed by atoms with E-state index in [9.17, 15) is 0 Å². The Bertz CT molecular complexity index is 125. The predicted octanol–water partition coefficient (Wildman–Crippen LogP) is 2.88. The van der Waals surface area contributed by atoms with E-state index in [1.807, 2.05) is 13.0 Å². The number of hydrogen-bond acceptors (Lipinski definition) is 2. The Balaban J connectivity index is 3.09. The zero-order valence-corrected chi connectivity index (χ0v) is 9.50. The lowest BCUT2D eigenvalue weighted by molar-refractivity contribution is 0.139. The van der Waals surface area contributed by atoms with Crippen LogP contribution in [0.25, 0.3) is 0 Å². The van der Waals surface area contributed by atoms with Crippen LogP contribution in [-0.2, 0) is 4.74 Å². The van der Waals surface area contributed by atoms with Gasteiger partial charge < -0.3 is 10.5 Å². The Morgan fingerprint density at radius 1 is 1.29 bits per heavy atom. The molecule has 2 heteroatoms. The van der Waals surface area contributed by atoms with E-state index in [4.69, 9.17) is 10.5 Å². The predicted molar refractivity (Wildman–Crippen MR) is 62.4 cm³/mol. The van der Waals surface area contributed by atoms with Gasteiger partial charge in [0.05, 0.1) is 0 Å². The zero-order valence-electron chi connectivity index (χ0n) is 9.50. The molecule has 0 aliphatic heterocycles. The second-order valence-electron chi connectivity index (χ2n) is 3.67. The average molecular weight is 199 g/mol. The van der Waals surface area contributed by atoms with Crippen LogP contribution < -0.4 is 5.73 Å². The van der Waals surface area contributed by atoms with E-state index in [2.05, 4.69) is 6.58 Å². The average Bonchev–Trinajstić information content (AvgIpc) is 2.18. The van der Waals surface area contributed by atoms with Gasteiger partial charge in [-0.05, 0) is 32.6 Å². The highest BCUT2D eigenvalue weighted by molar-refractivity contribution is 4.66. The molecule has 0 spiro atoms. The summed E-state index contributed by atoms with van der Waals surface area (Å²) in [6.07, 6.45) is 9.00. The minimum Gasteiger partial charge on any atom is -0.382 e. The van der Waals surface area contributed by atoms with Crippen molar-refractivity contribution in [1.29, 1.82) is 0 Å². The van der Waals surface area contributed by atoms with Crippen LogP contribution in [0.3, 0.4) is 0 Å². The molecule has 0 aliphatic carbocycles. The first-order chi connectivity index (χ1) is 6.81. The van der Waals surface area contributed by atoms with E-state index < -0.39 is 0 Å². The third-order valence-corrected chi connectivity index (χ3v) is 2.32. The van der Waals surface area contributed by atoms with Crippen LogP contribution in [0.1, 0.15) is 45.4 Å². The summed E-state index contributed by atoms with van der Waals surface area (Å²) in [5.74, 6) is 0. The third kappa shape index (κ3) is 9.75. The first-order valence-corrected chi connectivity index (χ1v) is 5.75. The summed E-state index contributed by atoms with van der Waals surface area (Å²) in [5.41, 5.74) is 5.93. The lowest BCUT2D eigenvalue weighted by Crippen LogP contribution is -2.21. The fraction of sp³-hybridized carbons (Fsp3) is 0.833. The smallest absolute Gasteiger partial charge is 0.0480 e. The van der Waals surface area contributed by atoms with Gasteiger partial charge in [0.2, 0.25) is 0 Å². The molecule has 1 unspecified atom stereocenters. The maximum Gasteiger partial charge on any atom is 0.0480 e. The molecule has 2 N–H and O–H groups in total. The Morgan fingerprint density at radius 3 is 2.71 bits per heavy atom. The second-order valence-corrected chi connectivity index (χ2v) is 3.67. The molecule has 0 rings (SSSR count). The van der Waals surface area contributed by atoms with E-state index in [0.717, 1.165) is 32.5 Å². The molecule has 0 saturated carbocycles. The maximum absolute atomic E-state index is 5.93. The van der Waals surface area contributed by atoms with Gasteiger partial charge >= 0.3 is 0 Å². The van der Waals surface area contributed by atoms with Crippen LogP contribution in [-0.4, -0.2) is 19.3 Å². The van der Waals surface area contributed by atoms with Crippen LogP contribution in [0.15, 0.2) is 12.7 Å². The largest absolute Gasteiger partial charge is 0.382 e. The van der Waals surface area contributed by atoms with Crippen LogP contribution in [0, 0.1) is 0 Å². The Morgan fingerprint density at radius 2 is 2.07 bits per heavy atom. The fourth-order valence-corrected chi connectivity index (χ4v) is 1.40. The van der Waals surface area contributed by atoms with E-state index in [-0.39, 0.29) is 0 Å². The van der Waals surface area contributed by atoms with Crippen molar-refractivity contribution >= 4 is 0 Å². The van der Waals surface area contributed by atoms with Crippen molar-refractivity contribution < 1.29 is 4.74 Å². The number of ether oxygens (including phenoxy) is 1. The summed E-state index contributed by atoms with van der Waals surface area (Å²) in [4.78, 5) is 0. The summed E-state index contributed by atoms with van der Waals surface area (Å²) in [5, 5.41) is 0. The van der Waals surface area contributed by atoms with Crippen molar-refractivity contribution in [2.45, 2.75) is 51.5 Å². The van der Waals surface area contributed by atoms with Crippen molar-refractivity contribution in [3.8, 4) is 0 Å². The lowest BCUT2D eigenvalue weighted by atomic mass is 10.1. The minimum absolute atomic E-state index is 0.324. The highest BCUT2D eigenvalue weighted by Gasteiger charge is 2.01. The van der Waals surface area contributed by atoms with Crippen molar-refractivity contribution in [1.82, 2.24) is 0 Å². The van der Waals surface area contributed by atoms with E-state index in [1.165, 1.54) is 19.3 Å². The first kappa shape index (κ1) is 13.7. The van der Waals surface area contributed by atoms with Crippen molar-refractivity contribution in [2.75, 3.05) is 13.2 Å². The zero-order chi connectivity index (χ0) is 10.6. The van der Waals surface area contributed by atoms with E-state index >= 15 is 0 Å². The minimum atomic E-state index is 0.324. The molecule has 0 amide bonds. The Kier molecular flexibility index (Phi) is 10.5. The molecule has 0 aromatic rings. The standard InChI is InChI=1S/C12H25NO/c1-3-5-6-7-8-9-12(13)10-11-14-4-2/h3,12H,1,4-11,13H2,2H3. The van der Waals surface area contributed by atoms with Gasteiger partial charge in [0.15, 0.2) is 0 Å². The molecule has 0 aromatic carbocycles. The molecule has 0 aromatic heterocycles. The first-order valence-electron chi connectivity index (χ1n) is 5.75. The molecule has 0 radical (unpaired) electrons. The number of allylic oxidation sites excluding steroid dienone is 1. The number of nitrogens with two attached hydrogens (primary N) is 1. The van der Waals surface area contributed by atoms with Crippen LogP contribution in [0.5, 0.6) is 0 Å². The molecular weight excluding hydrogens is 174 g/mol. The normalized spacial score (nSPS) is 12.7. The second kappa shape index (κ2) is 10.7. The van der Waals surface area contributed by atoms with Crippen LogP contribution in [0.4, 0.5) is 0 Å². The van der Waals surface area contributed by atoms with Gasteiger partial charge in [-0.3, -0.25) is 0 Å². The van der Waals surface area contributed by atoms with Gasteiger partial charge in [-0.2, -0.15) is 0 Å². The molecule has 2 nitrogen and oxygen atoms in total. The molecule has 0 aliphatic rings. The number of unbranched alkanes of at least 4 members (excludes halogenated alkanes) is 3. The number of rotatable bonds is 10. The molecule has 0 bridgehead atoms. The molecule has 14 heavy (non-hydrogen) atoms.